The summed E-state index contributed by atoms with van der Waals surface area (Å²) >= 11 is 0. The van der Waals surface area contributed by atoms with Gasteiger partial charge in [0, 0.05) is 18.7 Å². The van der Waals surface area contributed by atoms with Crippen LogP contribution in [0.15, 0.2) is 35.3 Å². The summed E-state index contributed by atoms with van der Waals surface area (Å²) in [6.07, 6.45) is 0. The maximum absolute atomic E-state index is 10.2. The van der Waals surface area contributed by atoms with Gasteiger partial charge in [0.15, 0.2) is 29.0 Å². The van der Waals surface area contributed by atoms with Gasteiger partial charge in [-0.1, -0.05) is 12.1 Å². The van der Waals surface area contributed by atoms with E-state index in [9.17, 15) is 5.11 Å². The Bertz CT molecular complexity index is 814. The van der Waals surface area contributed by atoms with E-state index in [1.165, 1.54) is 7.11 Å². The van der Waals surface area contributed by atoms with Crippen molar-refractivity contribution >= 4 is 5.96 Å². The van der Waals surface area contributed by atoms with Gasteiger partial charge < -0.3 is 34.7 Å². The second-order valence-electron chi connectivity index (χ2n) is 6.05. The van der Waals surface area contributed by atoms with Gasteiger partial charge in [0.2, 0.25) is 5.75 Å². The summed E-state index contributed by atoms with van der Waals surface area (Å²) in [5.74, 6) is 2.86. The number of hydrogen-bond donors (Lipinski definition) is 3. The first kappa shape index (κ1) is 22.0. The van der Waals surface area contributed by atoms with Crippen LogP contribution in [0.2, 0.25) is 0 Å². The summed E-state index contributed by atoms with van der Waals surface area (Å²) < 4.78 is 21.3. The molecule has 0 aromatic heterocycles. The Morgan fingerprint density at radius 3 is 2.14 bits per heavy atom. The van der Waals surface area contributed by atoms with Crippen molar-refractivity contribution in [2.24, 2.45) is 4.99 Å². The van der Waals surface area contributed by atoms with Crippen LogP contribution in [0, 0.1) is 0 Å². The standard InChI is InChI=1S/C21H29N3O5/c1-6-22-21(24-13-15-8-7-9-16(26-2)19(15)25)23-12-14-10-17(27-3)20(29-5)18(11-14)28-4/h7-11,25H,6,12-13H2,1-5H3,(H2,22,23,24). The molecule has 8 nitrogen and oxygen atoms in total. The van der Waals surface area contributed by atoms with Gasteiger partial charge in [0.25, 0.3) is 0 Å². The SMILES string of the molecule is CCNC(=NCc1cc(OC)c(OC)c(OC)c1)NCc1cccc(OC)c1O. The van der Waals surface area contributed by atoms with Crippen LogP contribution in [0.3, 0.4) is 0 Å². The monoisotopic (exact) mass is 403 g/mol. The second kappa shape index (κ2) is 10.9. The Hall–Kier alpha value is -3.29. The molecule has 3 N–H and O–H groups in total. The second-order valence-corrected chi connectivity index (χ2v) is 6.05. The third-order valence-electron chi connectivity index (χ3n) is 4.24. The van der Waals surface area contributed by atoms with Crippen molar-refractivity contribution < 1.29 is 24.1 Å². The average molecular weight is 403 g/mol. The van der Waals surface area contributed by atoms with Crippen molar-refractivity contribution in [2.45, 2.75) is 20.0 Å². The van der Waals surface area contributed by atoms with Crippen LogP contribution < -0.4 is 29.6 Å². The molecule has 0 radical (unpaired) electrons. The van der Waals surface area contributed by atoms with Crippen LogP contribution in [0.5, 0.6) is 28.7 Å². The highest BCUT2D eigenvalue weighted by atomic mass is 16.5. The molecular weight excluding hydrogens is 374 g/mol. The van der Waals surface area contributed by atoms with Gasteiger partial charge in [-0.3, -0.25) is 0 Å². The molecule has 2 aromatic carbocycles. The molecule has 0 saturated heterocycles. The van der Waals surface area contributed by atoms with Gasteiger partial charge in [-0.15, -0.1) is 0 Å². The lowest BCUT2D eigenvalue weighted by Gasteiger charge is -2.15. The van der Waals surface area contributed by atoms with Crippen molar-refractivity contribution in [3.63, 3.8) is 0 Å². The summed E-state index contributed by atoms with van der Waals surface area (Å²) in [4.78, 5) is 4.61. The highest BCUT2D eigenvalue weighted by Gasteiger charge is 2.13. The topological polar surface area (TPSA) is 93.6 Å². The quantitative estimate of drug-likeness (QED) is 0.438. The van der Waals surface area contributed by atoms with Gasteiger partial charge in [0.05, 0.1) is 35.0 Å². The highest BCUT2D eigenvalue weighted by Crippen LogP contribution is 2.38. The molecule has 2 aromatic rings. The number of aromatic hydroxyl groups is 1. The maximum atomic E-state index is 10.2. The number of benzene rings is 2. The van der Waals surface area contributed by atoms with Crippen molar-refractivity contribution in [1.29, 1.82) is 0 Å². The van der Waals surface area contributed by atoms with Gasteiger partial charge in [-0.2, -0.15) is 0 Å². The molecule has 0 bridgehead atoms. The predicted octanol–water partition coefficient (Wildman–Crippen LogP) is 2.68. The molecule has 0 aliphatic heterocycles. The van der Waals surface area contributed by atoms with Gasteiger partial charge in [-0.05, 0) is 30.7 Å². The molecule has 29 heavy (non-hydrogen) atoms. The number of nitrogens with one attached hydrogen (secondary N) is 2. The van der Waals surface area contributed by atoms with E-state index in [0.717, 1.165) is 5.56 Å². The minimum Gasteiger partial charge on any atom is -0.504 e. The van der Waals surface area contributed by atoms with Crippen molar-refractivity contribution in [2.75, 3.05) is 35.0 Å². The lowest BCUT2D eigenvalue weighted by Crippen LogP contribution is -2.36. The number of methoxy groups -OCH3 is 4. The molecule has 158 valence electrons. The maximum Gasteiger partial charge on any atom is 0.203 e. The number of phenolic OH excluding ortho intramolecular Hbond substituents is 1. The third kappa shape index (κ3) is 5.60. The molecule has 0 heterocycles. The van der Waals surface area contributed by atoms with E-state index in [0.29, 0.717) is 54.2 Å². The summed E-state index contributed by atoms with van der Waals surface area (Å²) in [5.41, 5.74) is 1.61. The van der Waals surface area contributed by atoms with E-state index in [-0.39, 0.29) is 5.75 Å². The minimum atomic E-state index is 0.114. The first-order chi connectivity index (χ1) is 14.1. The fraction of sp³-hybridized carbons (Fsp3) is 0.381. The zero-order valence-corrected chi connectivity index (χ0v) is 17.5. The van der Waals surface area contributed by atoms with Crippen LogP contribution >= 0.6 is 0 Å². The van der Waals surface area contributed by atoms with Gasteiger partial charge in [-0.25, -0.2) is 4.99 Å². The first-order valence-corrected chi connectivity index (χ1v) is 9.23. The van der Waals surface area contributed by atoms with Gasteiger partial charge >= 0.3 is 0 Å². The zero-order valence-electron chi connectivity index (χ0n) is 17.5. The fourth-order valence-electron chi connectivity index (χ4n) is 2.79. The third-order valence-corrected chi connectivity index (χ3v) is 4.24. The van der Waals surface area contributed by atoms with Crippen LogP contribution in [0.25, 0.3) is 0 Å². The molecule has 0 aliphatic rings. The van der Waals surface area contributed by atoms with E-state index in [4.69, 9.17) is 18.9 Å². The Morgan fingerprint density at radius 1 is 0.931 bits per heavy atom. The van der Waals surface area contributed by atoms with Gasteiger partial charge in [0.1, 0.15) is 0 Å². The smallest absolute Gasteiger partial charge is 0.203 e. The summed E-state index contributed by atoms with van der Waals surface area (Å²) in [5, 5.41) is 16.6. The summed E-state index contributed by atoms with van der Waals surface area (Å²) in [6, 6.07) is 9.09. The summed E-state index contributed by atoms with van der Waals surface area (Å²) in [7, 11) is 6.25. The van der Waals surface area contributed by atoms with Crippen molar-refractivity contribution in [3.05, 3.63) is 41.5 Å². The number of rotatable bonds is 9. The predicted molar refractivity (Wildman–Crippen MR) is 112 cm³/mol. The first-order valence-electron chi connectivity index (χ1n) is 9.23. The minimum absolute atomic E-state index is 0.114. The molecule has 0 aliphatic carbocycles. The average Bonchev–Trinajstić information content (AvgIpc) is 2.75. The lowest BCUT2D eigenvalue weighted by molar-refractivity contribution is 0.324. The summed E-state index contributed by atoms with van der Waals surface area (Å²) in [6.45, 7) is 3.48. The molecule has 0 unspecified atom stereocenters. The number of aliphatic imine (C=N–C) groups is 1. The number of guanidine groups is 1. The zero-order chi connectivity index (χ0) is 21.2. The molecule has 0 atom stereocenters. The number of phenols is 1. The number of hydrogen-bond acceptors (Lipinski definition) is 6. The molecular formula is C21H29N3O5. The number of nitrogens with zero attached hydrogens (tertiary/aromatic N) is 1. The van der Waals surface area contributed by atoms with Crippen molar-refractivity contribution in [1.82, 2.24) is 10.6 Å². The Morgan fingerprint density at radius 2 is 1.59 bits per heavy atom. The molecule has 0 fully saturated rings. The van der Waals surface area contributed by atoms with Crippen LogP contribution in [-0.2, 0) is 13.1 Å². The Balaban J connectivity index is 2.17. The van der Waals surface area contributed by atoms with Crippen LogP contribution in [0.4, 0.5) is 0 Å². The van der Waals surface area contributed by atoms with Crippen LogP contribution in [0.1, 0.15) is 18.1 Å². The lowest BCUT2D eigenvalue weighted by atomic mass is 10.2. The Kier molecular flexibility index (Phi) is 8.27. The van der Waals surface area contributed by atoms with Crippen LogP contribution in [-0.4, -0.2) is 46.1 Å². The number of ether oxygens (including phenoxy) is 4. The highest BCUT2D eigenvalue weighted by molar-refractivity contribution is 5.79. The number of para-hydroxylation sites is 1. The largest absolute Gasteiger partial charge is 0.504 e. The molecule has 8 heteroatoms. The molecule has 0 spiro atoms. The fourth-order valence-corrected chi connectivity index (χ4v) is 2.79. The molecule has 0 amide bonds. The van der Waals surface area contributed by atoms with Crippen molar-refractivity contribution in [3.8, 4) is 28.7 Å². The Labute approximate surface area is 171 Å². The van der Waals surface area contributed by atoms with E-state index in [2.05, 4.69) is 15.6 Å². The molecule has 2 rings (SSSR count). The van der Waals surface area contributed by atoms with E-state index < -0.39 is 0 Å². The molecule has 0 saturated carbocycles. The van der Waals surface area contributed by atoms with E-state index >= 15 is 0 Å². The van der Waals surface area contributed by atoms with E-state index in [1.54, 1.807) is 27.4 Å². The van der Waals surface area contributed by atoms with E-state index in [1.807, 2.05) is 31.2 Å². The normalized spacial score (nSPS) is 11.0.